The van der Waals surface area contributed by atoms with Gasteiger partial charge in [-0.25, -0.2) is 0 Å². The second-order valence-corrected chi connectivity index (χ2v) is 5.59. The van der Waals surface area contributed by atoms with Gasteiger partial charge in [0.05, 0.1) is 11.5 Å². The number of hydrogen-bond donors (Lipinski definition) is 2. The normalized spacial score (nSPS) is 37.8. The second-order valence-electron chi connectivity index (χ2n) is 5.59. The van der Waals surface area contributed by atoms with Gasteiger partial charge in [0, 0.05) is 18.7 Å². The lowest BCUT2D eigenvalue weighted by molar-refractivity contribution is -0.146. The zero-order chi connectivity index (χ0) is 11.8. The maximum absolute atomic E-state index is 10.9. The maximum Gasteiger partial charge on any atom is 0.308 e. The number of ether oxygens (including phenoxy) is 1. The Balaban J connectivity index is 1.83. The van der Waals surface area contributed by atoms with Crippen LogP contribution >= 0.6 is 0 Å². The molecule has 2 rings (SSSR count). The van der Waals surface area contributed by atoms with Crippen molar-refractivity contribution >= 4 is 5.97 Å². The second kappa shape index (κ2) is 4.34. The molecule has 0 bridgehead atoms. The average Bonchev–Trinajstić information content (AvgIpc) is 2.10. The third kappa shape index (κ3) is 2.55. The molecule has 1 aliphatic carbocycles. The molecule has 1 saturated carbocycles. The smallest absolute Gasteiger partial charge is 0.308 e. The molecule has 3 atom stereocenters. The summed E-state index contributed by atoms with van der Waals surface area (Å²) in [6, 6.07) is 0.590. The van der Waals surface area contributed by atoms with Gasteiger partial charge in [0.25, 0.3) is 0 Å². The highest BCUT2D eigenvalue weighted by Gasteiger charge is 2.39. The van der Waals surface area contributed by atoms with Crippen LogP contribution in [0.3, 0.4) is 0 Å². The standard InChI is InChI=1S/C12H21NO3/c1-12(2)7-8(5-6-16-12)13-10-4-3-9(10)11(14)15/h8-10,13H,3-7H2,1-2H3,(H,14,15). The van der Waals surface area contributed by atoms with Crippen molar-refractivity contribution in [2.45, 2.75) is 57.2 Å². The van der Waals surface area contributed by atoms with Crippen LogP contribution in [0, 0.1) is 5.92 Å². The molecule has 1 heterocycles. The molecule has 2 fully saturated rings. The highest BCUT2D eigenvalue weighted by molar-refractivity contribution is 5.72. The SMILES string of the molecule is CC1(C)CC(NC2CCC2C(=O)O)CCO1. The first-order chi connectivity index (χ1) is 7.48. The zero-order valence-corrected chi connectivity index (χ0v) is 10.0. The molecule has 4 nitrogen and oxygen atoms in total. The van der Waals surface area contributed by atoms with Crippen molar-refractivity contribution in [1.82, 2.24) is 5.32 Å². The van der Waals surface area contributed by atoms with Gasteiger partial charge >= 0.3 is 5.97 Å². The molecule has 1 aliphatic heterocycles. The molecule has 0 radical (unpaired) electrons. The molecular formula is C12H21NO3. The highest BCUT2D eigenvalue weighted by atomic mass is 16.5. The van der Waals surface area contributed by atoms with Gasteiger partial charge in [-0.2, -0.15) is 0 Å². The van der Waals surface area contributed by atoms with Crippen molar-refractivity contribution in [1.29, 1.82) is 0 Å². The van der Waals surface area contributed by atoms with E-state index in [1.165, 1.54) is 0 Å². The molecular weight excluding hydrogens is 206 g/mol. The Labute approximate surface area is 96.4 Å². The van der Waals surface area contributed by atoms with E-state index in [0.717, 1.165) is 32.3 Å². The summed E-state index contributed by atoms with van der Waals surface area (Å²) < 4.78 is 5.65. The van der Waals surface area contributed by atoms with E-state index in [-0.39, 0.29) is 17.6 Å². The molecule has 16 heavy (non-hydrogen) atoms. The fraction of sp³-hybridized carbons (Fsp3) is 0.917. The van der Waals surface area contributed by atoms with Crippen LogP contribution in [0.15, 0.2) is 0 Å². The van der Waals surface area contributed by atoms with Gasteiger partial charge in [0.15, 0.2) is 0 Å². The molecule has 0 amide bonds. The van der Waals surface area contributed by atoms with E-state index >= 15 is 0 Å². The zero-order valence-electron chi connectivity index (χ0n) is 10.0. The summed E-state index contributed by atoms with van der Waals surface area (Å²) in [5, 5.41) is 12.5. The van der Waals surface area contributed by atoms with E-state index in [1.807, 2.05) is 0 Å². The Hall–Kier alpha value is -0.610. The van der Waals surface area contributed by atoms with Gasteiger partial charge in [0.1, 0.15) is 0 Å². The first kappa shape index (κ1) is 11.9. The fourth-order valence-electron chi connectivity index (χ4n) is 2.67. The molecule has 92 valence electrons. The van der Waals surface area contributed by atoms with Crippen LogP contribution in [0.25, 0.3) is 0 Å². The minimum Gasteiger partial charge on any atom is -0.481 e. The summed E-state index contributed by atoms with van der Waals surface area (Å²) in [5.74, 6) is -0.832. The number of nitrogens with one attached hydrogen (secondary N) is 1. The lowest BCUT2D eigenvalue weighted by Crippen LogP contribution is -2.54. The topological polar surface area (TPSA) is 58.6 Å². The molecule has 0 aromatic rings. The predicted molar refractivity (Wildman–Crippen MR) is 60.3 cm³/mol. The van der Waals surface area contributed by atoms with Gasteiger partial charge in [-0.3, -0.25) is 4.79 Å². The molecule has 4 heteroatoms. The van der Waals surface area contributed by atoms with Gasteiger partial charge in [-0.05, 0) is 39.5 Å². The van der Waals surface area contributed by atoms with E-state index in [0.29, 0.717) is 6.04 Å². The van der Waals surface area contributed by atoms with Crippen LogP contribution in [0.5, 0.6) is 0 Å². The Bertz CT molecular complexity index is 277. The molecule has 3 unspecified atom stereocenters. The van der Waals surface area contributed by atoms with Crippen molar-refractivity contribution in [3.05, 3.63) is 0 Å². The molecule has 0 aromatic carbocycles. The molecule has 2 N–H and O–H groups in total. The van der Waals surface area contributed by atoms with Crippen molar-refractivity contribution in [3.8, 4) is 0 Å². The van der Waals surface area contributed by atoms with Gasteiger partial charge in [-0.15, -0.1) is 0 Å². The van der Waals surface area contributed by atoms with E-state index in [9.17, 15) is 4.79 Å². The van der Waals surface area contributed by atoms with Gasteiger partial charge in [-0.1, -0.05) is 0 Å². The summed E-state index contributed by atoms with van der Waals surface area (Å²) >= 11 is 0. The molecule has 0 aromatic heterocycles. The first-order valence-electron chi connectivity index (χ1n) is 6.11. The van der Waals surface area contributed by atoms with Crippen LogP contribution in [0.2, 0.25) is 0 Å². The fourth-order valence-corrected chi connectivity index (χ4v) is 2.67. The summed E-state index contributed by atoms with van der Waals surface area (Å²) in [5.41, 5.74) is -0.0710. The number of rotatable bonds is 3. The van der Waals surface area contributed by atoms with Crippen molar-refractivity contribution in [2.24, 2.45) is 5.92 Å². The van der Waals surface area contributed by atoms with E-state index in [2.05, 4.69) is 19.2 Å². The third-order valence-corrected chi connectivity index (χ3v) is 3.74. The number of aliphatic carboxylic acids is 1. The molecule has 1 saturated heterocycles. The maximum atomic E-state index is 10.9. The summed E-state index contributed by atoms with van der Waals surface area (Å²) in [6.45, 7) is 4.96. The highest BCUT2D eigenvalue weighted by Crippen LogP contribution is 2.31. The first-order valence-corrected chi connectivity index (χ1v) is 6.11. The van der Waals surface area contributed by atoms with Crippen molar-refractivity contribution < 1.29 is 14.6 Å². The van der Waals surface area contributed by atoms with Crippen molar-refractivity contribution in [3.63, 3.8) is 0 Å². The Morgan fingerprint density at radius 2 is 2.12 bits per heavy atom. The van der Waals surface area contributed by atoms with E-state index in [4.69, 9.17) is 9.84 Å². The van der Waals surface area contributed by atoms with Gasteiger partial charge < -0.3 is 15.2 Å². The Morgan fingerprint density at radius 1 is 1.38 bits per heavy atom. The minimum absolute atomic E-state index is 0.0710. The van der Waals surface area contributed by atoms with Crippen LogP contribution < -0.4 is 5.32 Å². The number of hydrogen-bond acceptors (Lipinski definition) is 3. The Morgan fingerprint density at radius 3 is 2.62 bits per heavy atom. The minimum atomic E-state index is -0.657. The lowest BCUT2D eigenvalue weighted by Gasteiger charge is -2.42. The number of carboxylic acid groups (broad SMARTS) is 1. The largest absolute Gasteiger partial charge is 0.481 e. The number of carbonyl (C=O) groups is 1. The molecule has 0 spiro atoms. The quantitative estimate of drug-likeness (QED) is 0.765. The summed E-state index contributed by atoms with van der Waals surface area (Å²) in [6.07, 6.45) is 3.77. The predicted octanol–water partition coefficient (Wildman–Crippen LogP) is 1.40. The van der Waals surface area contributed by atoms with Crippen molar-refractivity contribution in [2.75, 3.05) is 6.61 Å². The van der Waals surface area contributed by atoms with Crippen LogP contribution in [-0.4, -0.2) is 35.4 Å². The Kier molecular flexibility index (Phi) is 3.22. The molecule has 2 aliphatic rings. The monoisotopic (exact) mass is 227 g/mol. The average molecular weight is 227 g/mol. The van der Waals surface area contributed by atoms with Crippen LogP contribution in [0.1, 0.15) is 39.5 Å². The van der Waals surface area contributed by atoms with Crippen LogP contribution in [-0.2, 0) is 9.53 Å². The van der Waals surface area contributed by atoms with E-state index in [1.54, 1.807) is 0 Å². The van der Waals surface area contributed by atoms with E-state index < -0.39 is 5.97 Å². The van der Waals surface area contributed by atoms with Gasteiger partial charge in [0.2, 0.25) is 0 Å². The summed E-state index contributed by atoms with van der Waals surface area (Å²) in [7, 11) is 0. The lowest BCUT2D eigenvalue weighted by atomic mass is 9.78. The van der Waals surface area contributed by atoms with Crippen LogP contribution in [0.4, 0.5) is 0 Å². The number of carboxylic acids is 1. The summed E-state index contributed by atoms with van der Waals surface area (Å²) in [4.78, 5) is 10.9. The third-order valence-electron chi connectivity index (χ3n) is 3.74.